The van der Waals surface area contributed by atoms with Crippen molar-refractivity contribution in [1.29, 1.82) is 0 Å². The van der Waals surface area contributed by atoms with Crippen molar-refractivity contribution >= 4 is 23.7 Å². The molecule has 0 bridgehead atoms. The zero-order chi connectivity index (χ0) is 10.6. The summed E-state index contributed by atoms with van der Waals surface area (Å²) in [5.74, 6) is 0.233. The number of hydrogen-bond acceptors (Lipinski definition) is 3. The molecular weight excluding hydrogens is 208 g/mol. The van der Waals surface area contributed by atoms with Crippen molar-refractivity contribution in [1.82, 2.24) is 5.32 Å². The average molecular weight is 215 g/mol. The largest absolute Gasteiger partial charge is 0.420 e. The lowest BCUT2D eigenvalue weighted by molar-refractivity contribution is 0.199. The zero-order valence-electron chi connectivity index (χ0n) is 6.99. The van der Waals surface area contributed by atoms with Gasteiger partial charge in [0.2, 0.25) is 0 Å². The molecule has 0 aliphatic heterocycles. The summed E-state index contributed by atoms with van der Waals surface area (Å²) in [4.78, 5) is 21.1. The molecule has 0 heterocycles. The van der Waals surface area contributed by atoms with Crippen molar-refractivity contribution in [3.63, 3.8) is 0 Å². The molecule has 0 radical (unpaired) electrons. The Morgan fingerprint density at radius 2 is 2.14 bits per heavy atom. The Kier molecular flexibility index (Phi) is 3.30. The predicted molar refractivity (Wildman–Crippen MR) is 50.2 cm³/mol. The van der Waals surface area contributed by atoms with E-state index in [1.807, 2.05) is 0 Å². The van der Waals surface area contributed by atoms with Crippen molar-refractivity contribution in [2.24, 2.45) is 5.73 Å². The van der Waals surface area contributed by atoms with Gasteiger partial charge < -0.3 is 10.5 Å². The number of hydrogen-bond donors (Lipinski definition) is 2. The summed E-state index contributed by atoms with van der Waals surface area (Å²) in [5.41, 5.74) is 4.70. The van der Waals surface area contributed by atoms with E-state index in [-0.39, 0.29) is 5.75 Å². The smallest absolute Gasteiger partial charge is 0.410 e. The van der Waals surface area contributed by atoms with Gasteiger partial charge in [-0.1, -0.05) is 17.7 Å². The highest BCUT2D eigenvalue weighted by molar-refractivity contribution is 6.30. The topological polar surface area (TPSA) is 81.4 Å². The van der Waals surface area contributed by atoms with Crippen LogP contribution in [-0.4, -0.2) is 12.1 Å². The standard InChI is InChI=1S/C8H7ClN2O3/c9-5-2-1-3-6(4-5)14-8(13)11-7(10)12/h1-4H,(H3,10,11,12,13). The van der Waals surface area contributed by atoms with E-state index in [2.05, 4.69) is 4.74 Å². The minimum Gasteiger partial charge on any atom is -0.410 e. The molecule has 0 aromatic heterocycles. The van der Waals surface area contributed by atoms with Gasteiger partial charge in [-0.3, -0.25) is 0 Å². The second-order valence-corrected chi connectivity index (χ2v) is 2.77. The lowest BCUT2D eigenvalue weighted by atomic mass is 10.3. The van der Waals surface area contributed by atoms with Crippen molar-refractivity contribution in [2.45, 2.75) is 0 Å². The lowest BCUT2D eigenvalue weighted by Crippen LogP contribution is -2.36. The molecule has 1 aromatic carbocycles. The molecule has 6 heteroatoms. The molecule has 0 atom stereocenters. The van der Waals surface area contributed by atoms with Crippen LogP contribution in [0.15, 0.2) is 24.3 Å². The van der Waals surface area contributed by atoms with E-state index in [4.69, 9.17) is 17.3 Å². The Bertz CT molecular complexity index is 367. The van der Waals surface area contributed by atoms with Crippen LogP contribution in [0.1, 0.15) is 0 Å². The summed E-state index contributed by atoms with van der Waals surface area (Å²) in [7, 11) is 0. The molecule has 0 unspecified atom stereocenters. The molecular formula is C8H7ClN2O3. The Hall–Kier alpha value is -1.75. The van der Waals surface area contributed by atoms with Crippen molar-refractivity contribution in [3.8, 4) is 5.75 Å². The van der Waals surface area contributed by atoms with Crippen LogP contribution >= 0.6 is 11.6 Å². The van der Waals surface area contributed by atoms with Crippen LogP contribution in [0.3, 0.4) is 0 Å². The van der Waals surface area contributed by atoms with Gasteiger partial charge in [0.25, 0.3) is 0 Å². The van der Waals surface area contributed by atoms with Crippen molar-refractivity contribution in [3.05, 3.63) is 29.3 Å². The maximum absolute atomic E-state index is 10.9. The number of urea groups is 1. The predicted octanol–water partition coefficient (Wildman–Crippen LogP) is 1.51. The van der Waals surface area contributed by atoms with Crippen LogP contribution in [0.5, 0.6) is 5.75 Å². The summed E-state index contributed by atoms with van der Waals surface area (Å²) < 4.78 is 4.67. The Labute approximate surface area is 84.8 Å². The minimum atomic E-state index is -0.975. The molecule has 0 fully saturated rings. The summed E-state index contributed by atoms with van der Waals surface area (Å²) >= 11 is 5.63. The first-order valence-corrected chi connectivity index (χ1v) is 3.99. The van der Waals surface area contributed by atoms with E-state index in [1.54, 1.807) is 17.4 Å². The average Bonchev–Trinajstić information content (AvgIpc) is 2.01. The van der Waals surface area contributed by atoms with Crippen LogP contribution in [-0.2, 0) is 0 Å². The van der Waals surface area contributed by atoms with Gasteiger partial charge in [0, 0.05) is 5.02 Å². The Balaban J connectivity index is 2.60. The molecule has 14 heavy (non-hydrogen) atoms. The third kappa shape index (κ3) is 3.32. The number of carbonyl (C=O) groups excluding carboxylic acids is 2. The summed E-state index contributed by atoms with van der Waals surface area (Å²) in [6, 6.07) is 5.21. The molecule has 74 valence electrons. The molecule has 1 rings (SSSR count). The number of nitrogens with two attached hydrogens (primary N) is 1. The van der Waals surface area contributed by atoms with E-state index in [0.29, 0.717) is 5.02 Å². The van der Waals surface area contributed by atoms with E-state index in [1.165, 1.54) is 12.1 Å². The van der Waals surface area contributed by atoms with Gasteiger partial charge in [0.05, 0.1) is 0 Å². The number of nitrogens with one attached hydrogen (secondary N) is 1. The van der Waals surface area contributed by atoms with Gasteiger partial charge in [0.15, 0.2) is 0 Å². The number of amides is 3. The fraction of sp³-hybridized carbons (Fsp3) is 0. The quantitative estimate of drug-likeness (QED) is 0.743. The maximum atomic E-state index is 10.9. The van der Waals surface area contributed by atoms with Gasteiger partial charge in [-0.05, 0) is 18.2 Å². The van der Waals surface area contributed by atoms with Gasteiger partial charge >= 0.3 is 12.1 Å². The monoisotopic (exact) mass is 214 g/mol. The zero-order valence-corrected chi connectivity index (χ0v) is 7.75. The number of ether oxygens (including phenoxy) is 1. The number of benzene rings is 1. The number of imide groups is 1. The number of primary amides is 1. The first-order valence-electron chi connectivity index (χ1n) is 3.62. The van der Waals surface area contributed by atoms with Crippen LogP contribution in [0.2, 0.25) is 5.02 Å². The van der Waals surface area contributed by atoms with E-state index < -0.39 is 12.1 Å². The minimum absolute atomic E-state index is 0.233. The van der Waals surface area contributed by atoms with Crippen LogP contribution < -0.4 is 15.8 Å². The highest BCUT2D eigenvalue weighted by Crippen LogP contribution is 2.16. The van der Waals surface area contributed by atoms with Crippen LogP contribution in [0, 0.1) is 0 Å². The van der Waals surface area contributed by atoms with E-state index in [0.717, 1.165) is 0 Å². The highest BCUT2D eigenvalue weighted by atomic mass is 35.5. The number of carbonyl (C=O) groups is 2. The molecule has 5 nitrogen and oxygen atoms in total. The van der Waals surface area contributed by atoms with E-state index in [9.17, 15) is 9.59 Å². The van der Waals surface area contributed by atoms with Gasteiger partial charge in [-0.2, -0.15) is 0 Å². The van der Waals surface area contributed by atoms with E-state index >= 15 is 0 Å². The third-order valence-corrected chi connectivity index (χ3v) is 1.47. The second kappa shape index (κ2) is 4.48. The van der Waals surface area contributed by atoms with Crippen LogP contribution in [0.25, 0.3) is 0 Å². The SMILES string of the molecule is NC(=O)NC(=O)Oc1cccc(Cl)c1. The molecule has 1 aromatic rings. The van der Waals surface area contributed by atoms with Crippen molar-refractivity contribution < 1.29 is 14.3 Å². The molecule has 3 amide bonds. The fourth-order valence-corrected chi connectivity index (χ4v) is 0.944. The normalized spacial score (nSPS) is 9.21. The van der Waals surface area contributed by atoms with Crippen LogP contribution in [0.4, 0.5) is 9.59 Å². The fourth-order valence-electron chi connectivity index (χ4n) is 0.764. The molecule has 0 aliphatic rings. The molecule has 0 aliphatic carbocycles. The molecule has 3 N–H and O–H groups in total. The first-order chi connectivity index (χ1) is 6.58. The Morgan fingerprint density at radius 3 is 2.71 bits per heavy atom. The third-order valence-electron chi connectivity index (χ3n) is 1.23. The van der Waals surface area contributed by atoms with Crippen molar-refractivity contribution in [2.75, 3.05) is 0 Å². The second-order valence-electron chi connectivity index (χ2n) is 2.34. The van der Waals surface area contributed by atoms with Gasteiger partial charge in [-0.25, -0.2) is 14.9 Å². The summed E-state index contributed by atoms with van der Waals surface area (Å²) in [5, 5.41) is 2.17. The molecule has 0 saturated heterocycles. The number of halogens is 1. The van der Waals surface area contributed by atoms with Gasteiger partial charge in [-0.15, -0.1) is 0 Å². The number of rotatable bonds is 1. The summed E-state index contributed by atoms with van der Waals surface area (Å²) in [6.07, 6.45) is -0.945. The Morgan fingerprint density at radius 1 is 1.43 bits per heavy atom. The highest BCUT2D eigenvalue weighted by Gasteiger charge is 2.06. The maximum Gasteiger partial charge on any atom is 0.420 e. The van der Waals surface area contributed by atoms with Gasteiger partial charge in [0.1, 0.15) is 5.75 Å². The molecule has 0 saturated carbocycles. The first kappa shape index (κ1) is 10.3. The summed E-state index contributed by atoms with van der Waals surface area (Å²) in [6.45, 7) is 0. The lowest BCUT2D eigenvalue weighted by Gasteiger charge is -2.03. The molecule has 0 spiro atoms.